The van der Waals surface area contributed by atoms with Crippen LogP contribution in [0.25, 0.3) is 0 Å². The molecule has 3 N–H and O–H groups in total. The van der Waals surface area contributed by atoms with Crippen molar-refractivity contribution in [1.82, 2.24) is 9.91 Å². The Morgan fingerprint density at radius 3 is 2.92 bits per heavy atom. The standard InChI is InChI=1S/C7H15N3O2/c8-10-5-1-3-9(7(10)12)4-2-6-11/h11H,1-6,8H2. The molecule has 0 radical (unpaired) electrons. The van der Waals surface area contributed by atoms with Gasteiger partial charge < -0.3 is 10.0 Å². The molecule has 5 heteroatoms. The summed E-state index contributed by atoms with van der Waals surface area (Å²) in [6.45, 7) is 2.11. The van der Waals surface area contributed by atoms with E-state index in [-0.39, 0.29) is 12.6 Å². The molecule has 0 aromatic rings. The Kier molecular flexibility index (Phi) is 3.31. The Bertz CT molecular complexity index is 163. The summed E-state index contributed by atoms with van der Waals surface area (Å²) >= 11 is 0. The summed E-state index contributed by atoms with van der Waals surface area (Å²) in [6.07, 6.45) is 1.53. The van der Waals surface area contributed by atoms with E-state index < -0.39 is 0 Å². The van der Waals surface area contributed by atoms with Crippen molar-refractivity contribution in [3.63, 3.8) is 0 Å². The number of urea groups is 1. The monoisotopic (exact) mass is 173 g/mol. The zero-order chi connectivity index (χ0) is 8.97. The van der Waals surface area contributed by atoms with E-state index in [2.05, 4.69) is 0 Å². The van der Waals surface area contributed by atoms with E-state index in [1.165, 1.54) is 5.01 Å². The van der Waals surface area contributed by atoms with E-state index in [9.17, 15) is 4.79 Å². The number of carbonyl (C=O) groups excluding carboxylic acids is 1. The van der Waals surface area contributed by atoms with E-state index >= 15 is 0 Å². The number of nitrogens with zero attached hydrogens (tertiary/aromatic N) is 2. The molecule has 0 aliphatic carbocycles. The third kappa shape index (κ3) is 2.09. The molecule has 5 nitrogen and oxygen atoms in total. The highest BCUT2D eigenvalue weighted by Gasteiger charge is 2.22. The predicted octanol–water partition coefficient (Wildman–Crippen LogP) is -0.630. The lowest BCUT2D eigenvalue weighted by Gasteiger charge is -2.32. The maximum atomic E-state index is 11.3. The molecule has 0 spiro atoms. The first-order valence-corrected chi connectivity index (χ1v) is 4.17. The van der Waals surface area contributed by atoms with Gasteiger partial charge in [-0.1, -0.05) is 0 Å². The van der Waals surface area contributed by atoms with Crippen LogP contribution < -0.4 is 5.84 Å². The lowest BCUT2D eigenvalue weighted by atomic mass is 10.3. The highest BCUT2D eigenvalue weighted by molar-refractivity contribution is 5.74. The first kappa shape index (κ1) is 9.28. The van der Waals surface area contributed by atoms with Crippen LogP contribution >= 0.6 is 0 Å². The molecule has 70 valence electrons. The lowest BCUT2D eigenvalue weighted by molar-refractivity contribution is 0.126. The summed E-state index contributed by atoms with van der Waals surface area (Å²) in [6, 6.07) is -0.130. The van der Waals surface area contributed by atoms with Crippen LogP contribution in [0.2, 0.25) is 0 Å². The van der Waals surface area contributed by atoms with Crippen LogP contribution in [0.3, 0.4) is 0 Å². The molecule has 1 fully saturated rings. The van der Waals surface area contributed by atoms with E-state index in [1.807, 2.05) is 0 Å². The number of hydrogen-bond donors (Lipinski definition) is 2. The summed E-state index contributed by atoms with van der Waals surface area (Å²) in [4.78, 5) is 12.9. The average Bonchev–Trinajstić information content (AvgIpc) is 2.08. The fourth-order valence-electron chi connectivity index (χ4n) is 1.27. The maximum Gasteiger partial charge on any atom is 0.334 e. The van der Waals surface area contributed by atoms with Gasteiger partial charge in [0, 0.05) is 26.2 Å². The van der Waals surface area contributed by atoms with Gasteiger partial charge in [0.15, 0.2) is 0 Å². The van der Waals surface area contributed by atoms with Crippen molar-refractivity contribution in [2.75, 3.05) is 26.2 Å². The van der Waals surface area contributed by atoms with E-state index in [0.717, 1.165) is 13.0 Å². The van der Waals surface area contributed by atoms with Crippen LogP contribution in [0.15, 0.2) is 0 Å². The van der Waals surface area contributed by atoms with Crippen LogP contribution in [0.1, 0.15) is 12.8 Å². The minimum atomic E-state index is -0.130. The Morgan fingerprint density at radius 1 is 1.50 bits per heavy atom. The van der Waals surface area contributed by atoms with Gasteiger partial charge in [0.05, 0.1) is 0 Å². The predicted molar refractivity (Wildman–Crippen MR) is 44.2 cm³/mol. The first-order valence-electron chi connectivity index (χ1n) is 4.17. The van der Waals surface area contributed by atoms with Crippen LogP contribution in [-0.4, -0.2) is 47.3 Å². The minimum Gasteiger partial charge on any atom is -0.396 e. The quantitative estimate of drug-likeness (QED) is 0.441. The molecule has 1 heterocycles. The molecule has 0 aromatic heterocycles. The summed E-state index contributed by atoms with van der Waals surface area (Å²) in [5.41, 5.74) is 0. The number of hydrazine groups is 1. The van der Waals surface area contributed by atoms with Crippen molar-refractivity contribution in [2.24, 2.45) is 5.84 Å². The fourth-order valence-corrected chi connectivity index (χ4v) is 1.27. The SMILES string of the molecule is NN1CCCN(CCCO)C1=O. The molecule has 1 aliphatic heterocycles. The van der Waals surface area contributed by atoms with Crippen molar-refractivity contribution in [3.05, 3.63) is 0 Å². The summed E-state index contributed by atoms with van der Waals surface area (Å²) in [5, 5.41) is 9.79. The Balaban J connectivity index is 2.36. The summed E-state index contributed by atoms with van der Waals surface area (Å²) in [5.74, 6) is 5.42. The van der Waals surface area contributed by atoms with Gasteiger partial charge in [0.2, 0.25) is 0 Å². The van der Waals surface area contributed by atoms with Gasteiger partial charge in [0.25, 0.3) is 0 Å². The van der Waals surface area contributed by atoms with Crippen molar-refractivity contribution < 1.29 is 9.90 Å². The van der Waals surface area contributed by atoms with Crippen LogP contribution in [-0.2, 0) is 0 Å². The second-order valence-electron chi connectivity index (χ2n) is 2.89. The van der Waals surface area contributed by atoms with Gasteiger partial charge >= 0.3 is 6.03 Å². The molecular weight excluding hydrogens is 158 g/mol. The normalized spacial score (nSPS) is 18.7. The Morgan fingerprint density at radius 2 is 2.25 bits per heavy atom. The van der Waals surface area contributed by atoms with E-state index in [1.54, 1.807) is 4.90 Å². The Labute approximate surface area is 71.7 Å². The molecule has 12 heavy (non-hydrogen) atoms. The van der Waals surface area contributed by atoms with Crippen LogP contribution in [0, 0.1) is 0 Å². The molecular formula is C7H15N3O2. The average molecular weight is 173 g/mol. The van der Waals surface area contributed by atoms with Crippen LogP contribution in [0.5, 0.6) is 0 Å². The molecule has 0 atom stereocenters. The van der Waals surface area contributed by atoms with Gasteiger partial charge in [-0.25, -0.2) is 10.6 Å². The van der Waals surface area contributed by atoms with Gasteiger partial charge in [-0.2, -0.15) is 0 Å². The first-order chi connectivity index (χ1) is 5.75. The van der Waals surface area contributed by atoms with Crippen molar-refractivity contribution in [3.8, 4) is 0 Å². The zero-order valence-electron chi connectivity index (χ0n) is 7.07. The molecule has 1 rings (SSSR count). The largest absolute Gasteiger partial charge is 0.396 e. The minimum absolute atomic E-state index is 0.119. The maximum absolute atomic E-state index is 11.3. The third-order valence-electron chi connectivity index (χ3n) is 1.93. The number of hydrogen-bond acceptors (Lipinski definition) is 3. The van der Waals surface area contributed by atoms with E-state index in [4.69, 9.17) is 10.9 Å². The second kappa shape index (κ2) is 4.27. The third-order valence-corrected chi connectivity index (χ3v) is 1.93. The smallest absolute Gasteiger partial charge is 0.334 e. The molecule has 2 amide bonds. The van der Waals surface area contributed by atoms with Gasteiger partial charge in [0.1, 0.15) is 0 Å². The number of nitrogens with two attached hydrogens (primary N) is 1. The highest BCUT2D eigenvalue weighted by Crippen LogP contribution is 2.05. The highest BCUT2D eigenvalue weighted by atomic mass is 16.3. The number of carbonyl (C=O) groups is 1. The number of rotatable bonds is 3. The summed E-state index contributed by atoms with van der Waals surface area (Å²) in [7, 11) is 0. The molecule has 1 saturated heterocycles. The number of aliphatic hydroxyl groups excluding tert-OH is 1. The Hall–Kier alpha value is -0.810. The second-order valence-corrected chi connectivity index (χ2v) is 2.89. The van der Waals surface area contributed by atoms with Gasteiger partial charge in [-0.3, -0.25) is 5.01 Å². The van der Waals surface area contributed by atoms with Crippen molar-refractivity contribution >= 4 is 6.03 Å². The molecule has 0 unspecified atom stereocenters. The number of aliphatic hydroxyl groups is 1. The molecule has 1 aliphatic rings. The summed E-state index contributed by atoms with van der Waals surface area (Å²) < 4.78 is 0. The van der Waals surface area contributed by atoms with E-state index in [0.29, 0.717) is 19.5 Å². The fraction of sp³-hybridized carbons (Fsp3) is 0.857. The number of amides is 2. The van der Waals surface area contributed by atoms with Crippen LogP contribution in [0.4, 0.5) is 4.79 Å². The van der Waals surface area contributed by atoms with Gasteiger partial charge in [-0.15, -0.1) is 0 Å². The molecule has 0 saturated carbocycles. The van der Waals surface area contributed by atoms with Crippen molar-refractivity contribution in [2.45, 2.75) is 12.8 Å². The molecule has 0 aromatic carbocycles. The molecule has 0 bridgehead atoms. The lowest BCUT2D eigenvalue weighted by Crippen LogP contribution is -2.52. The van der Waals surface area contributed by atoms with Crippen molar-refractivity contribution in [1.29, 1.82) is 0 Å². The zero-order valence-corrected chi connectivity index (χ0v) is 7.07. The topological polar surface area (TPSA) is 69.8 Å². The van der Waals surface area contributed by atoms with Gasteiger partial charge in [-0.05, 0) is 12.8 Å².